The minimum atomic E-state index is 0.372. The summed E-state index contributed by atoms with van der Waals surface area (Å²) in [6.45, 7) is 2.14. The van der Waals surface area contributed by atoms with Gasteiger partial charge in [0.25, 0.3) is 0 Å². The molecular formula is C16H18BrNS. The summed E-state index contributed by atoms with van der Waals surface area (Å²) in [7, 11) is 2.02. The van der Waals surface area contributed by atoms with Crippen molar-refractivity contribution in [2.24, 2.45) is 0 Å². The maximum Gasteiger partial charge on any atom is 0.0413 e. The molecule has 0 saturated heterocycles. The first-order chi connectivity index (χ1) is 9.20. The van der Waals surface area contributed by atoms with Crippen LogP contribution in [0.3, 0.4) is 0 Å². The van der Waals surface area contributed by atoms with E-state index >= 15 is 0 Å². The number of rotatable bonds is 5. The SMILES string of the molecule is CNC(CSc1ccccc1Br)c1cccc(C)c1. The Morgan fingerprint density at radius 3 is 2.63 bits per heavy atom. The van der Waals surface area contributed by atoms with E-state index in [-0.39, 0.29) is 0 Å². The lowest BCUT2D eigenvalue weighted by Gasteiger charge is -2.17. The summed E-state index contributed by atoms with van der Waals surface area (Å²) < 4.78 is 1.17. The number of nitrogens with one attached hydrogen (secondary N) is 1. The van der Waals surface area contributed by atoms with Crippen LogP contribution in [0.2, 0.25) is 0 Å². The predicted octanol–water partition coefficient (Wildman–Crippen LogP) is 4.81. The van der Waals surface area contributed by atoms with Gasteiger partial charge in [0.2, 0.25) is 0 Å². The Morgan fingerprint density at radius 2 is 1.95 bits per heavy atom. The molecule has 19 heavy (non-hydrogen) atoms. The highest BCUT2D eigenvalue weighted by atomic mass is 79.9. The highest BCUT2D eigenvalue weighted by Crippen LogP contribution is 2.30. The Labute approximate surface area is 127 Å². The Bertz CT molecular complexity index is 542. The molecule has 0 radical (unpaired) electrons. The summed E-state index contributed by atoms with van der Waals surface area (Å²) in [5.41, 5.74) is 2.66. The molecular weight excluding hydrogens is 318 g/mol. The largest absolute Gasteiger partial charge is 0.312 e. The van der Waals surface area contributed by atoms with Crippen LogP contribution in [0.5, 0.6) is 0 Å². The molecule has 0 aliphatic rings. The number of halogens is 1. The Kier molecular flexibility index (Phi) is 5.49. The third-order valence-corrected chi connectivity index (χ3v) is 5.16. The number of thioether (sulfide) groups is 1. The van der Waals surface area contributed by atoms with Crippen LogP contribution < -0.4 is 5.32 Å². The Balaban J connectivity index is 2.06. The minimum Gasteiger partial charge on any atom is -0.312 e. The quantitative estimate of drug-likeness (QED) is 0.787. The van der Waals surface area contributed by atoms with E-state index in [1.54, 1.807) is 0 Å². The standard InChI is InChI=1S/C16H18BrNS/c1-12-6-5-7-13(10-12)15(18-2)11-19-16-9-4-3-8-14(16)17/h3-10,15,18H,11H2,1-2H3. The fraction of sp³-hybridized carbons (Fsp3) is 0.250. The highest BCUT2D eigenvalue weighted by molar-refractivity contribution is 9.10. The molecule has 2 aromatic rings. The van der Waals surface area contributed by atoms with Crippen LogP contribution in [0.15, 0.2) is 57.9 Å². The first-order valence-electron chi connectivity index (χ1n) is 6.32. The molecule has 0 aliphatic carbocycles. The number of hydrogen-bond acceptors (Lipinski definition) is 2. The van der Waals surface area contributed by atoms with E-state index in [2.05, 4.69) is 70.6 Å². The summed E-state index contributed by atoms with van der Waals surface area (Å²) in [4.78, 5) is 1.29. The zero-order valence-electron chi connectivity index (χ0n) is 11.2. The molecule has 0 saturated carbocycles. The van der Waals surface area contributed by atoms with Crippen molar-refractivity contribution in [2.45, 2.75) is 17.9 Å². The second-order valence-electron chi connectivity index (χ2n) is 4.50. The van der Waals surface area contributed by atoms with Crippen LogP contribution in [-0.4, -0.2) is 12.8 Å². The summed E-state index contributed by atoms with van der Waals surface area (Å²) in [5, 5.41) is 3.40. The van der Waals surface area contributed by atoms with Gasteiger partial charge in [0.1, 0.15) is 0 Å². The molecule has 2 rings (SSSR count). The molecule has 3 heteroatoms. The second-order valence-corrected chi connectivity index (χ2v) is 6.41. The van der Waals surface area contributed by atoms with Crippen LogP contribution in [0.4, 0.5) is 0 Å². The fourth-order valence-electron chi connectivity index (χ4n) is 1.97. The summed E-state index contributed by atoms with van der Waals surface area (Å²) in [6, 6.07) is 17.4. The van der Waals surface area contributed by atoms with Crippen molar-refractivity contribution in [3.05, 3.63) is 64.1 Å². The fourth-order valence-corrected chi connectivity index (χ4v) is 3.68. The molecule has 0 heterocycles. The van der Waals surface area contributed by atoms with Crippen LogP contribution in [-0.2, 0) is 0 Å². The molecule has 1 atom stereocenters. The van der Waals surface area contributed by atoms with Crippen molar-refractivity contribution in [3.8, 4) is 0 Å². The molecule has 2 aromatic carbocycles. The van der Waals surface area contributed by atoms with Crippen LogP contribution in [0, 0.1) is 6.92 Å². The molecule has 100 valence electrons. The van der Waals surface area contributed by atoms with Crippen LogP contribution in [0.1, 0.15) is 17.2 Å². The summed E-state index contributed by atoms with van der Waals surface area (Å²) in [5.74, 6) is 1.02. The van der Waals surface area contributed by atoms with E-state index in [0.29, 0.717) is 6.04 Å². The van der Waals surface area contributed by atoms with E-state index in [4.69, 9.17) is 0 Å². The molecule has 1 unspecified atom stereocenters. The van der Waals surface area contributed by atoms with Crippen molar-refractivity contribution in [1.82, 2.24) is 5.32 Å². The molecule has 0 bridgehead atoms. The molecule has 0 fully saturated rings. The van der Waals surface area contributed by atoms with Gasteiger partial charge in [0, 0.05) is 21.2 Å². The maximum absolute atomic E-state index is 3.59. The van der Waals surface area contributed by atoms with E-state index in [9.17, 15) is 0 Å². The van der Waals surface area contributed by atoms with E-state index in [1.165, 1.54) is 20.5 Å². The van der Waals surface area contributed by atoms with Gasteiger partial charge in [-0.25, -0.2) is 0 Å². The van der Waals surface area contributed by atoms with Gasteiger partial charge in [-0.3, -0.25) is 0 Å². The van der Waals surface area contributed by atoms with Gasteiger partial charge in [0.15, 0.2) is 0 Å². The van der Waals surface area contributed by atoms with E-state index in [0.717, 1.165) is 5.75 Å². The van der Waals surface area contributed by atoms with Gasteiger partial charge < -0.3 is 5.32 Å². The third-order valence-electron chi connectivity index (χ3n) is 3.04. The third kappa shape index (κ3) is 4.10. The van der Waals surface area contributed by atoms with Gasteiger partial charge in [-0.2, -0.15) is 0 Å². The first kappa shape index (κ1) is 14.6. The van der Waals surface area contributed by atoms with Gasteiger partial charge >= 0.3 is 0 Å². The zero-order chi connectivity index (χ0) is 13.7. The van der Waals surface area contributed by atoms with Gasteiger partial charge in [-0.15, -0.1) is 11.8 Å². The van der Waals surface area contributed by atoms with Gasteiger partial charge in [-0.05, 0) is 47.6 Å². The maximum atomic E-state index is 3.59. The van der Waals surface area contributed by atoms with Gasteiger partial charge in [-0.1, -0.05) is 42.0 Å². The van der Waals surface area contributed by atoms with Crippen LogP contribution >= 0.6 is 27.7 Å². The average molecular weight is 336 g/mol. The normalized spacial score (nSPS) is 12.4. The molecule has 0 aromatic heterocycles. The van der Waals surface area contributed by atoms with Crippen molar-refractivity contribution in [1.29, 1.82) is 0 Å². The molecule has 1 N–H and O–H groups in total. The number of hydrogen-bond donors (Lipinski definition) is 1. The average Bonchev–Trinajstić information content (AvgIpc) is 2.41. The second kappa shape index (κ2) is 7.13. The predicted molar refractivity (Wildman–Crippen MR) is 87.8 cm³/mol. The Hall–Kier alpha value is -0.770. The smallest absolute Gasteiger partial charge is 0.0413 e. The van der Waals surface area contributed by atoms with Crippen molar-refractivity contribution in [3.63, 3.8) is 0 Å². The van der Waals surface area contributed by atoms with Gasteiger partial charge in [0.05, 0.1) is 0 Å². The number of aryl methyl sites for hydroxylation is 1. The molecule has 0 amide bonds. The van der Waals surface area contributed by atoms with Crippen LogP contribution in [0.25, 0.3) is 0 Å². The molecule has 0 spiro atoms. The van der Waals surface area contributed by atoms with Crippen molar-refractivity contribution >= 4 is 27.7 Å². The van der Waals surface area contributed by atoms with E-state index < -0.39 is 0 Å². The summed E-state index contributed by atoms with van der Waals surface area (Å²) in [6.07, 6.45) is 0. The van der Waals surface area contributed by atoms with Crippen molar-refractivity contribution in [2.75, 3.05) is 12.8 Å². The molecule has 0 aliphatic heterocycles. The lowest BCUT2D eigenvalue weighted by Crippen LogP contribution is -2.18. The Morgan fingerprint density at radius 1 is 1.16 bits per heavy atom. The molecule has 1 nitrogen and oxygen atoms in total. The highest BCUT2D eigenvalue weighted by Gasteiger charge is 2.10. The first-order valence-corrected chi connectivity index (χ1v) is 8.09. The lowest BCUT2D eigenvalue weighted by atomic mass is 10.1. The lowest BCUT2D eigenvalue weighted by molar-refractivity contribution is 0.661. The van der Waals surface area contributed by atoms with E-state index in [1.807, 2.05) is 24.9 Å². The monoisotopic (exact) mass is 335 g/mol. The summed E-state index contributed by atoms with van der Waals surface area (Å²) >= 11 is 5.47. The minimum absolute atomic E-state index is 0.372. The zero-order valence-corrected chi connectivity index (χ0v) is 13.6. The van der Waals surface area contributed by atoms with Crippen molar-refractivity contribution < 1.29 is 0 Å². The topological polar surface area (TPSA) is 12.0 Å². The number of benzene rings is 2.